The Morgan fingerprint density at radius 2 is 1.90 bits per heavy atom. The van der Waals surface area contributed by atoms with Gasteiger partial charge >= 0.3 is 0 Å². The Morgan fingerprint density at radius 1 is 1.20 bits per heavy atom. The molecular formula is C14H9BrFNO2S. The van der Waals surface area contributed by atoms with E-state index in [2.05, 4.69) is 15.9 Å². The average molecular weight is 354 g/mol. The second kappa shape index (κ2) is 5.73. The van der Waals surface area contributed by atoms with Crippen LogP contribution in [0.3, 0.4) is 0 Å². The van der Waals surface area contributed by atoms with Crippen molar-refractivity contribution in [3.05, 3.63) is 59.4 Å². The Bertz CT molecular complexity index is 797. The smallest absolute Gasteiger partial charge is 0.208 e. The van der Waals surface area contributed by atoms with Crippen molar-refractivity contribution in [2.24, 2.45) is 0 Å². The van der Waals surface area contributed by atoms with Crippen molar-refractivity contribution >= 4 is 25.8 Å². The van der Waals surface area contributed by atoms with Gasteiger partial charge in [0.25, 0.3) is 0 Å². The van der Waals surface area contributed by atoms with Gasteiger partial charge in [0.1, 0.15) is 17.4 Å². The Balaban J connectivity index is 2.68. The van der Waals surface area contributed by atoms with Crippen LogP contribution in [0.4, 0.5) is 4.39 Å². The highest BCUT2D eigenvalue weighted by molar-refractivity contribution is 9.08. The van der Waals surface area contributed by atoms with Crippen LogP contribution in [0, 0.1) is 17.1 Å². The minimum Gasteiger partial charge on any atom is -0.218 e. The number of hydrogen-bond acceptors (Lipinski definition) is 3. The van der Waals surface area contributed by atoms with Crippen LogP contribution in [-0.4, -0.2) is 8.42 Å². The molecule has 0 unspecified atom stereocenters. The summed E-state index contributed by atoms with van der Waals surface area (Å²) >= 11 is 3.25. The maximum absolute atomic E-state index is 13.5. The zero-order valence-electron chi connectivity index (χ0n) is 10.2. The Morgan fingerprint density at radius 3 is 2.55 bits per heavy atom. The van der Waals surface area contributed by atoms with Crippen molar-refractivity contribution < 1.29 is 12.8 Å². The fraction of sp³-hybridized carbons (Fsp3) is 0.0714. The predicted octanol–water partition coefficient (Wildman–Crippen LogP) is 3.43. The third kappa shape index (κ3) is 2.60. The van der Waals surface area contributed by atoms with Gasteiger partial charge in [0, 0.05) is 5.33 Å². The van der Waals surface area contributed by atoms with Crippen LogP contribution in [0.5, 0.6) is 0 Å². The highest BCUT2D eigenvalue weighted by Crippen LogP contribution is 2.26. The van der Waals surface area contributed by atoms with Gasteiger partial charge in [-0.25, -0.2) is 12.8 Å². The highest BCUT2D eigenvalue weighted by atomic mass is 79.9. The summed E-state index contributed by atoms with van der Waals surface area (Å²) in [5, 5.41) is 9.45. The van der Waals surface area contributed by atoms with Crippen LogP contribution in [0.2, 0.25) is 0 Å². The zero-order chi connectivity index (χ0) is 14.8. The summed E-state index contributed by atoms with van der Waals surface area (Å²) < 4.78 is 38.5. The number of halogens is 2. The van der Waals surface area contributed by atoms with Gasteiger partial charge in [0.05, 0.1) is 9.79 Å². The monoisotopic (exact) mass is 353 g/mol. The predicted molar refractivity (Wildman–Crippen MR) is 75.6 cm³/mol. The van der Waals surface area contributed by atoms with Crippen LogP contribution in [-0.2, 0) is 15.2 Å². The molecule has 102 valence electrons. The summed E-state index contributed by atoms with van der Waals surface area (Å²) in [5.74, 6) is -0.842. The van der Waals surface area contributed by atoms with E-state index in [0.717, 1.165) is 11.6 Å². The van der Waals surface area contributed by atoms with Crippen LogP contribution in [0.15, 0.2) is 52.3 Å². The van der Waals surface area contributed by atoms with E-state index in [1.165, 1.54) is 24.3 Å². The molecule has 0 N–H and O–H groups in total. The van der Waals surface area contributed by atoms with E-state index in [1.54, 1.807) is 18.2 Å². The standard InChI is InChI=1S/C14H9BrFNO2S/c15-8-10-3-1-4-11(7-10)20(18,19)14-6-2-5-13(16)12(14)9-17/h1-7H,8H2. The van der Waals surface area contributed by atoms with Crippen molar-refractivity contribution in [3.63, 3.8) is 0 Å². The van der Waals surface area contributed by atoms with Gasteiger partial charge in [-0.05, 0) is 29.8 Å². The topological polar surface area (TPSA) is 57.9 Å². The molecule has 6 heteroatoms. The molecule has 0 atom stereocenters. The molecule has 0 aliphatic carbocycles. The van der Waals surface area contributed by atoms with Crippen LogP contribution < -0.4 is 0 Å². The lowest BCUT2D eigenvalue weighted by Gasteiger charge is -2.08. The summed E-state index contributed by atoms with van der Waals surface area (Å²) in [4.78, 5) is -0.275. The third-order valence-corrected chi connectivity index (χ3v) is 5.18. The van der Waals surface area contributed by atoms with Gasteiger partial charge in [-0.2, -0.15) is 5.26 Å². The van der Waals surface area contributed by atoms with E-state index >= 15 is 0 Å². The largest absolute Gasteiger partial charge is 0.218 e. The van der Waals surface area contributed by atoms with Gasteiger partial charge in [-0.1, -0.05) is 34.1 Å². The van der Waals surface area contributed by atoms with Gasteiger partial charge in [0.15, 0.2) is 0 Å². The molecule has 0 saturated carbocycles. The number of nitriles is 1. The molecule has 0 amide bonds. The lowest BCUT2D eigenvalue weighted by Crippen LogP contribution is -2.06. The SMILES string of the molecule is N#Cc1c(F)cccc1S(=O)(=O)c1cccc(CBr)c1. The van der Waals surface area contributed by atoms with Crippen LogP contribution in [0.25, 0.3) is 0 Å². The molecule has 2 aromatic carbocycles. The second-order valence-electron chi connectivity index (χ2n) is 4.01. The number of hydrogen-bond donors (Lipinski definition) is 0. The van der Waals surface area contributed by atoms with E-state index in [4.69, 9.17) is 5.26 Å². The maximum atomic E-state index is 13.5. The number of nitrogens with zero attached hydrogens (tertiary/aromatic N) is 1. The number of benzene rings is 2. The average Bonchev–Trinajstić information content (AvgIpc) is 2.47. The minimum atomic E-state index is -3.92. The molecular weight excluding hydrogens is 345 g/mol. The molecule has 0 spiro atoms. The van der Waals surface area contributed by atoms with Gasteiger partial charge in [-0.3, -0.25) is 0 Å². The Labute approximate surface area is 124 Å². The molecule has 0 saturated heterocycles. The first kappa shape index (κ1) is 14.7. The number of alkyl halides is 1. The summed E-state index contributed by atoms with van der Waals surface area (Å²) in [6.45, 7) is 0. The van der Waals surface area contributed by atoms with E-state index in [-0.39, 0.29) is 9.79 Å². The van der Waals surface area contributed by atoms with Crippen molar-refractivity contribution in [3.8, 4) is 6.07 Å². The first-order valence-corrected chi connectivity index (χ1v) is 8.20. The van der Waals surface area contributed by atoms with Crippen molar-refractivity contribution in [2.75, 3.05) is 0 Å². The molecule has 2 rings (SSSR count). The summed E-state index contributed by atoms with van der Waals surface area (Å²) in [6.07, 6.45) is 0. The molecule has 20 heavy (non-hydrogen) atoms. The van der Waals surface area contributed by atoms with Crippen molar-refractivity contribution in [1.29, 1.82) is 5.26 Å². The molecule has 2 aromatic rings. The van der Waals surface area contributed by atoms with E-state index in [9.17, 15) is 12.8 Å². The molecule has 0 heterocycles. The molecule has 0 bridgehead atoms. The van der Waals surface area contributed by atoms with E-state index in [1.807, 2.05) is 0 Å². The lowest BCUT2D eigenvalue weighted by molar-refractivity contribution is 0.589. The summed E-state index contributed by atoms with van der Waals surface area (Å²) in [6, 6.07) is 11.5. The summed E-state index contributed by atoms with van der Waals surface area (Å²) in [5.41, 5.74) is 0.317. The third-order valence-electron chi connectivity index (χ3n) is 2.74. The molecule has 0 aliphatic heterocycles. The van der Waals surface area contributed by atoms with Gasteiger partial charge in [0.2, 0.25) is 9.84 Å². The quantitative estimate of drug-likeness (QED) is 0.794. The van der Waals surface area contributed by atoms with Crippen molar-refractivity contribution in [1.82, 2.24) is 0 Å². The maximum Gasteiger partial charge on any atom is 0.208 e. The van der Waals surface area contributed by atoms with Gasteiger partial charge in [-0.15, -0.1) is 0 Å². The molecule has 0 aliphatic rings. The van der Waals surface area contributed by atoms with Crippen molar-refractivity contribution in [2.45, 2.75) is 15.1 Å². The zero-order valence-corrected chi connectivity index (χ0v) is 12.6. The highest BCUT2D eigenvalue weighted by Gasteiger charge is 2.23. The van der Waals surface area contributed by atoms with Crippen LogP contribution >= 0.6 is 15.9 Å². The fourth-order valence-electron chi connectivity index (χ4n) is 1.76. The van der Waals surface area contributed by atoms with E-state index < -0.39 is 21.2 Å². The number of rotatable bonds is 3. The number of sulfone groups is 1. The van der Waals surface area contributed by atoms with E-state index in [0.29, 0.717) is 5.33 Å². The van der Waals surface area contributed by atoms with Crippen LogP contribution in [0.1, 0.15) is 11.1 Å². The molecule has 0 radical (unpaired) electrons. The summed E-state index contributed by atoms with van der Waals surface area (Å²) in [7, 11) is -3.92. The van der Waals surface area contributed by atoms with Gasteiger partial charge < -0.3 is 0 Å². The first-order valence-electron chi connectivity index (χ1n) is 5.59. The fourth-order valence-corrected chi connectivity index (χ4v) is 3.60. The molecule has 0 aromatic heterocycles. The normalized spacial score (nSPS) is 11.1. The minimum absolute atomic E-state index is 0.0385. The first-order chi connectivity index (χ1) is 9.50. The Hall–Kier alpha value is -1.71. The lowest BCUT2D eigenvalue weighted by atomic mass is 10.2. The molecule has 3 nitrogen and oxygen atoms in total. The molecule has 0 fully saturated rings. The second-order valence-corrected chi connectivity index (χ2v) is 6.49. The Kier molecular flexibility index (Phi) is 4.21.